The topological polar surface area (TPSA) is 25.6 Å². The van der Waals surface area contributed by atoms with E-state index >= 15 is 0 Å². The summed E-state index contributed by atoms with van der Waals surface area (Å²) in [6.45, 7) is 4.78. The highest BCUT2D eigenvalue weighted by Crippen LogP contribution is 2.53. The summed E-state index contributed by atoms with van der Waals surface area (Å²) in [7, 11) is 0. The molecule has 0 unspecified atom stereocenters. The number of para-hydroxylation sites is 3. The van der Waals surface area contributed by atoms with Crippen molar-refractivity contribution >= 4 is 60.6 Å². The molecule has 3 nitrogen and oxygen atoms in total. The summed E-state index contributed by atoms with van der Waals surface area (Å²) in [4.78, 5) is 3.87. The molecular formula is C51H37N3. The number of nitrogens with one attached hydrogen (secondary N) is 1. The number of aromatic nitrogens is 3. The minimum absolute atomic E-state index is 0.121. The lowest BCUT2D eigenvalue weighted by atomic mass is 9.82. The van der Waals surface area contributed by atoms with Crippen molar-refractivity contribution in [3.63, 3.8) is 0 Å². The van der Waals surface area contributed by atoms with E-state index < -0.39 is 0 Å². The zero-order chi connectivity index (χ0) is 35.7. The lowest BCUT2D eigenvalue weighted by Gasteiger charge is -2.22. The average molecular weight is 692 g/mol. The fraction of sp³-hybridized carbons (Fsp3) is 0.0980. The van der Waals surface area contributed by atoms with Gasteiger partial charge in [-0.1, -0.05) is 111 Å². The minimum Gasteiger partial charge on any atom is -0.357 e. The van der Waals surface area contributed by atoms with Crippen LogP contribution < -0.4 is 0 Å². The summed E-state index contributed by atoms with van der Waals surface area (Å²) in [5.41, 5.74) is 19.1. The van der Waals surface area contributed by atoms with Crippen molar-refractivity contribution in [1.29, 1.82) is 0 Å². The number of rotatable bonds is 3. The summed E-state index contributed by atoms with van der Waals surface area (Å²) >= 11 is 0. The fourth-order valence-electron chi connectivity index (χ4n) is 9.94. The number of benzene rings is 7. The van der Waals surface area contributed by atoms with Crippen molar-refractivity contribution in [3.05, 3.63) is 174 Å². The van der Waals surface area contributed by atoms with Gasteiger partial charge in [0.1, 0.15) is 0 Å². The maximum Gasteiger partial charge on any atom is 0.0545 e. The van der Waals surface area contributed by atoms with Gasteiger partial charge in [-0.3, -0.25) is 0 Å². The molecule has 0 bridgehead atoms. The Bertz CT molecular complexity index is 3230. The number of fused-ring (bicyclic) bond motifs is 13. The van der Waals surface area contributed by atoms with E-state index in [9.17, 15) is 0 Å². The third-order valence-corrected chi connectivity index (χ3v) is 12.5. The smallest absolute Gasteiger partial charge is 0.0545 e. The van der Waals surface area contributed by atoms with Crippen LogP contribution in [0.3, 0.4) is 0 Å². The van der Waals surface area contributed by atoms with Gasteiger partial charge in [-0.25, -0.2) is 0 Å². The first kappa shape index (κ1) is 29.9. The van der Waals surface area contributed by atoms with E-state index in [1.54, 1.807) is 0 Å². The van der Waals surface area contributed by atoms with Gasteiger partial charge in [-0.15, -0.1) is 0 Å². The van der Waals surface area contributed by atoms with Crippen molar-refractivity contribution in [1.82, 2.24) is 14.1 Å². The van der Waals surface area contributed by atoms with Crippen LogP contribution in [-0.2, 0) is 11.8 Å². The van der Waals surface area contributed by atoms with Gasteiger partial charge in [-0.05, 0) is 101 Å². The SMILES string of the molecule is CC1(C)c2cc(-n3c4ccccc4c4cc(-c5ccc6c(c5)c5ccccc5n6-c5ccccc5)ccc43)ccc2-c2c1ccc1c3c([nH]c21)CCC=C3. The molecule has 0 radical (unpaired) electrons. The Morgan fingerprint density at radius 3 is 1.85 bits per heavy atom. The van der Waals surface area contributed by atoms with E-state index in [-0.39, 0.29) is 5.41 Å². The molecule has 3 heteroatoms. The molecule has 2 aliphatic carbocycles. The fourth-order valence-corrected chi connectivity index (χ4v) is 9.94. The first-order valence-corrected chi connectivity index (χ1v) is 19.2. The molecule has 2 aliphatic rings. The Balaban J connectivity index is 1.02. The van der Waals surface area contributed by atoms with Crippen LogP contribution in [0, 0.1) is 0 Å². The van der Waals surface area contributed by atoms with E-state index in [1.165, 1.54) is 111 Å². The second-order valence-corrected chi connectivity index (χ2v) is 15.7. The molecule has 3 heterocycles. The molecule has 0 fully saturated rings. The molecule has 0 spiro atoms. The largest absolute Gasteiger partial charge is 0.357 e. The van der Waals surface area contributed by atoms with Gasteiger partial charge >= 0.3 is 0 Å². The monoisotopic (exact) mass is 691 g/mol. The van der Waals surface area contributed by atoms with Gasteiger partial charge in [-0.2, -0.15) is 0 Å². The average Bonchev–Trinajstić information content (AvgIpc) is 3.93. The quantitative estimate of drug-likeness (QED) is 0.191. The lowest BCUT2D eigenvalue weighted by molar-refractivity contribution is 0.660. The molecule has 10 aromatic rings. The van der Waals surface area contributed by atoms with Gasteiger partial charge in [0.05, 0.1) is 27.6 Å². The van der Waals surface area contributed by atoms with Crippen molar-refractivity contribution in [2.45, 2.75) is 32.1 Å². The van der Waals surface area contributed by atoms with Gasteiger partial charge < -0.3 is 14.1 Å². The minimum atomic E-state index is -0.121. The number of allylic oxidation sites excluding steroid dienone is 1. The maximum atomic E-state index is 3.87. The number of aryl methyl sites for hydroxylation is 1. The highest BCUT2D eigenvalue weighted by Gasteiger charge is 2.38. The molecule has 1 N–H and O–H groups in total. The Morgan fingerprint density at radius 1 is 0.519 bits per heavy atom. The van der Waals surface area contributed by atoms with Crippen LogP contribution in [-0.4, -0.2) is 14.1 Å². The highest BCUT2D eigenvalue weighted by molar-refractivity contribution is 6.13. The zero-order valence-electron chi connectivity index (χ0n) is 30.3. The highest BCUT2D eigenvalue weighted by atomic mass is 15.0. The van der Waals surface area contributed by atoms with Crippen LogP contribution in [0.5, 0.6) is 0 Å². The van der Waals surface area contributed by atoms with Gasteiger partial charge in [0.25, 0.3) is 0 Å². The van der Waals surface area contributed by atoms with Crippen LogP contribution >= 0.6 is 0 Å². The molecule has 7 aromatic carbocycles. The zero-order valence-corrected chi connectivity index (χ0v) is 30.3. The number of aromatic amines is 1. The Kier molecular flexibility index (Phi) is 5.96. The second-order valence-electron chi connectivity index (χ2n) is 15.7. The summed E-state index contributed by atoms with van der Waals surface area (Å²) in [5, 5.41) is 6.41. The van der Waals surface area contributed by atoms with Crippen molar-refractivity contribution in [3.8, 4) is 33.6 Å². The van der Waals surface area contributed by atoms with E-state index in [0.29, 0.717) is 0 Å². The van der Waals surface area contributed by atoms with Crippen LogP contribution in [0.2, 0.25) is 0 Å². The summed E-state index contributed by atoms with van der Waals surface area (Å²) in [6, 6.07) is 54.2. The molecule has 0 saturated carbocycles. The van der Waals surface area contributed by atoms with E-state index in [4.69, 9.17) is 0 Å². The maximum absolute atomic E-state index is 3.87. The van der Waals surface area contributed by atoms with Crippen molar-refractivity contribution in [2.24, 2.45) is 0 Å². The molecule has 54 heavy (non-hydrogen) atoms. The van der Waals surface area contributed by atoms with Gasteiger partial charge in [0.2, 0.25) is 0 Å². The molecule has 0 saturated heterocycles. The molecule has 0 aliphatic heterocycles. The molecule has 256 valence electrons. The summed E-state index contributed by atoms with van der Waals surface area (Å²) in [6.07, 6.45) is 6.80. The van der Waals surface area contributed by atoms with Gasteiger partial charge in [0.15, 0.2) is 0 Å². The van der Waals surface area contributed by atoms with Crippen molar-refractivity contribution < 1.29 is 0 Å². The Morgan fingerprint density at radius 2 is 1.15 bits per heavy atom. The standard InChI is InChI=1S/C51H37N3/c1-51(2)42-25-24-38-35-14-6-9-17-44(35)52-50(38)49(42)39-23-22-34(30-43(39)51)54-46-19-11-8-16-37(46)41-29-32(21-27-48(41)54)31-20-26-47-40(28-31)36-15-7-10-18-45(36)53(47)33-12-4-3-5-13-33/h3-8,10-16,18-30,52H,9,17H2,1-2H3. The van der Waals surface area contributed by atoms with Crippen molar-refractivity contribution in [2.75, 3.05) is 0 Å². The van der Waals surface area contributed by atoms with E-state index in [1.807, 2.05) is 0 Å². The first-order valence-electron chi connectivity index (χ1n) is 19.2. The van der Waals surface area contributed by atoms with Crippen LogP contribution in [0.1, 0.15) is 42.7 Å². The lowest BCUT2D eigenvalue weighted by Crippen LogP contribution is -2.15. The molecule has 0 atom stereocenters. The molecule has 12 rings (SSSR count). The van der Waals surface area contributed by atoms with Crippen LogP contribution in [0.15, 0.2) is 152 Å². The normalized spacial score (nSPS) is 14.4. The molecular weight excluding hydrogens is 655 g/mol. The van der Waals surface area contributed by atoms with Crippen LogP contribution in [0.4, 0.5) is 0 Å². The second kappa shape index (κ2) is 10.7. The van der Waals surface area contributed by atoms with Crippen LogP contribution in [0.25, 0.3) is 94.2 Å². The third kappa shape index (κ3) is 3.96. The predicted molar refractivity (Wildman–Crippen MR) is 227 cm³/mol. The number of nitrogens with zero attached hydrogens (tertiary/aromatic N) is 2. The third-order valence-electron chi connectivity index (χ3n) is 12.5. The number of hydrogen-bond acceptors (Lipinski definition) is 0. The Labute approximate surface area is 313 Å². The number of hydrogen-bond donors (Lipinski definition) is 1. The molecule has 3 aromatic heterocycles. The first-order chi connectivity index (χ1) is 26.5. The van der Waals surface area contributed by atoms with Gasteiger partial charge in [0, 0.05) is 60.5 Å². The summed E-state index contributed by atoms with van der Waals surface area (Å²) < 4.78 is 4.85. The molecule has 0 amide bonds. The number of H-pyrrole nitrogens is 1. The van der Waals surface area contributed by atoms with E-state index in [0.717, 1.165) is 12.8 Å². The predicted octanol–water partition coefficient (Wildman–Crippen LogP) is 13.3. The van der Waals surface area contributed by atoms with E-state index in [2.05, 4.69) is 186 Å². The Hall–Kier alpha value is -6.58. The summed E-state index contributed by atoms with van der Waals surface area (Å²) in [5.74, 6) is 0.